The van der Waals surface area contributed by atoms with E-state index in [9.17, 15) is 5.26 Å². The van der Waals surface area contributed by atoms with Crippen LogP contribution in [0.25, 0.3) is 10.3 Å². The van der Waals surface area contributed by atoms with E-state index in [4.69, 9.17) is 16.2 Å². The Balaban J connectivity index is 1.49. The minimum Gasteiger partial charge on any atom is -0.492 e. The van der Waals surface area contributed by atoms with Crippen molar-refractivity contribution in [2.45, 2.75) is 19.3 Å². The second-order valence-corrected chi connectivity index (χ2v) is 8.50. The molecular weight excluding hydrogens is 412 g/mol. The van der Waals surface area contributed by atoms with E-state index >= 15 is 0 Å². The number of aryl methyl sites for hydroxylation is 1. The summed E-state index contributed by atoms with van der Waals surface area (Å²) in [7, 11) is 0. The molecule has 31 heavy (non-hydrogen) atoms. The fourth-order valence-corrected chi connectivity index (χ4v) is 4.66. The third kappa shape index (κ3) is 3.53. The van der Waals surface area contributed by atoms with Gasteiger partial charge in [0.05, 0.1) is 12.2 Å². The number of nitrogens with zero attached hydrogens (tertiary/aromatic N) is 6. The number of ether oxygens (including phenoxy) is 1. The van der Waals surface area contributed by atoms with Crippen molar-refractivity contribution in [2.75, 3.05) is 36.1 Å². The van der Waals surface area contributed by atoms with E-state index in [1.165, 1.54) is 11.3 Å². The minimum atomic E-state index is 0.148. The predicted molar refractivity (Wildman–Crippen MR) is 119 cm³/mol. The van der Waals surface area contributed by atoms with Crippen LogP contribution in [0.2, 0.25) is 0 Å². The molecule has 1 saturated heterocycles. The number of hydrogen-bond acceptors (Lipinski definition) is 10. The number of thiazole rings is 1. The molecule has 0 spiro atoms. The van der Waals surface area contributed by atoms with Crippen molar-refractivity contribution < 1.29 is 4.74 Å². The standard InChI is InChI=1S/C21H20N8OS/c1-11-15(8-22)18(28-20(23)26-11)29-4-5-30-17-3-2-12(6-14(17)10-29)13-7-16-19(25-9-13)31-21(24)27-16/h3,6-7,9,12H,2,4-5,10H2,1H3,(H2,24,27)(H2,23,26,28). The molecule has 1 unspecified atom stereocenters. The van der Waals surface area contributed by atoms with Crippen LogP contribution in [-0.4, -0.2) is 39.6 Å². The molecule has 4 N–H and O–H groups in total. The summed E-state index contributed by atoms with van der Waals surface area (Å²) in [4.78, 5) is 20.2. The zero-order valence-electron chi connectivity index (χ0n) is 16.9. The van der Waals surface area contributed by atoms with Crippen LogP contribution in [-0.2, 0) is 4.74 Å². The molecule has 1 fully saturated rings. The van der Waals surface area contributed by atoms with Crippen molar-refractivity contribution in [3.05, 3.63) is 52.6 Å². The molecule has 0 aromatic carbocycles. The van der Waals surface area contributed by atoms with Gasteiger partial charge in [-0.2, -0.15) is 10.2 Å². The summed E-state index contributed by atoms with van der Waals surface area (Å²) in [5.41, 5.74) is 15.6. The number of nitriles is 1. The highest BCUT2D eigenvalue weighted by molar-refractivity contribution is 7.21. The number of rotatable bonds is 2. The molecule has 0 bridgehead atoms. The monoisotopic (exact) mass is 432 g/mol. The molecule has 1 aliphatic heterocycles. The number of nitrogen functional groups attached to an aromatic ring is 2. The number of fused-ring (bicyclic) bond motifs is 2. The van der Waals surface area contributed by atoms with Crippen LogP contribution in [0.15, 0.2) is 35.7 Å². The van der Waals surface area contributed by atoms with Crippen molar-refractivity contribution >= 4 is 38.6 Å². The van der Waals surface area contributed by atoms with E-state index in [1.54, 1.807) is 6.92 Å². The summed E-state index contributed by atoms with van der Waals surface area (Å²) in [6.45, 7) is 3.42. The van der Waals surface area contributed by atoms with Gasteiger partial charge < -0.3 is 21.1 Å². The van der Waals surface area contributed by atoms with Crippen LogP contribution in [0.1, 0.15) is 29.2 Å². The molecule has 1 aliphatic carbocycles. The number of hydrogen-bond donors (Lipinski definition) is 2. The Hall–Kier alpha value is -3.71. The van der Waals surface area contributed by atoms with Gasteiger partial charge in [0.25, 0.3) is 0 Å². The number of nitrogens with two attached hydrogens (primary N) is 2. The van der Waals surface area contributed by atoms with E-state index in [0.29, 0.717) is 41.9 Å². The fraction of sp³-hybridized carbons (Fsp3) is 0.286. The van der Waals surface area contributed by atoms with Gasteiger partial charge in [0.2, 0.25) is 5.95 Å². The molecule has 0 amide bonds. The van der Waals surface area contributed by atoms with Crippen molar-refractivity contribution in [1.29, 1.82) is 5.26 Å². The molecule has 3 aromatic heterocycles. The number of aromatic nitrogens is 4. The van der Waals surface area contributed by atoms with Gasteiger partial charge >= 0.3 is 0 Å². The average Bonchev–Trinajstić information content (AvgIpc) is 2.98. The highest BCUT2D eigenvalue weighted by atomic mass is 32.1. The molecule has 9 nitrogen and oxygen atoms in total. The van der Waals surface area contributed by atoms with Crippen LogP contribution in [0.4, 0.5) is 16.9 Å². The van der Waals surface area contributed by atoms with Crippen LogP contribution >= 0.6 is 11.3 Å². The van der Waals surface area contributed by atoms with E-state index in [0.717, 1.165) is 33.7 Å². The summed E-state index contributed by atoms with van der Waals surface area (Å²) in [6, 6.07) is 4.26. The number of anilines is 3. The van der Waals surface area contributed by atoms with Crippen LogP contribution < -0.4 is 16.4 Å². The smallest absolute Gasteiger partial charge is 0.222 e. The lowest BCUT2D eigenvalue weighted by Crippen LogP contribution is -2.29. The first-order valence-electron chi connectivity index (χ1n) is 9.87. The lowest BCUT2D eigenvalue weighted by Gasteiger charge is -2.25. The van der Waals surface area contributed by atoms with E-state index in [-0.39, 0.29) is 11.9 Å². The molecule has 3 aromatic rings. The summed E-state index contributed by atoms with van der Waals surface area (Å²) in [5.74, 6) is 1.73. The van der Waals surface area contributed by atoms with Crippen molar-refractivity contribution in [1.82, 2.24) is 19.9 Å². The Labute approximate surface area is 182 Å². The predicted octanol–water partition coefficient (Wildman–Crippen LogP) is 2.66. The average molecular weight is 433 g/mol. The van der Waals surface area contributed by atoms with Gasteiger partial charge in [-0.3, -0.25) is 0 Å². The summed E-state index contributed by atoms with van der Waals surface area (Å²) in [6.07, 6.45) is 7.02. The first-order valence-corrected chi connectivity index (χ1v) is 10.7. The molecule has 0 radical (unpaired) electrons. The second-order valence-electron chi connectivity index (χ2n) is 7.50. The lowest BCUT2D eigenvalue weighted by molar-refractivity contribution is 0.233. The van der Waals surface area contributed by atoms with Crippen molar-refractivity contribution in [3.8, 4) is 6.07 Å². The first kappa shape index (κ1) is 19.3. The number of allylic oxidation sites excluding steroid dienone is 2. The molecule has 1 atom stereocenters. The van der Waals surface area contributed by atoms with Crippen molar-refractivity contribution in [3.63, 3.8) is 0 Å². The zero-order valence-corrected chi connectivity index (χ0v) is 17.7. The molecular formula is C21H20N8OS. The third-order valence-corrected chi connectivity index (χ3v) is 6.28. The Morgan fingerprint density at radius 3 is 3.00 bits per heavy atom. The number of pyridine rings is 1. The molecule has 0 saturated carbocycles. The van der Waals surface area contributed by atoms with Gasteiger partial charge in [0, 0.05) is 24.2 Å². The van der Waals surface area contributed by atoms with Crippen molar-refractivity contribution in [2.24, 2.45) is 0 Å². The Kier molecular flexibility index (Phi) is 4.67. The largest absolute Gasteiger partial charge is 0.492 e. The summed E-state index contributed by atoms with van der Waals surface area (Å²) < 4.78 is 6.00. The quantitative estimate of drug-likeness (QED) is 0.625. The lowest BCUT2D eigenvalue weighted by atomic mass is 9.89. The van der Waals surface area contributed by atoms with Gasteiger partial charge in [-0.05, 0) is 31.1 Å². The van der Waals surface area contributed by atoms with Crippen LogP contribution in [0.3, 0.4) is 0 Å². The Morgan fingerprint density at radius 1 is 1.29 bits per heavy atom. The normalized spacial score (nSPS) is 18.5. The highest BCUT2D eigenvalue weighted by Crippen LogP contribution is 2.35. The van der Waals surface area contributed by atoms with Crippen LogP contribution in [0, 0.1) is 18.3 Å². The van der Waals surface area contributed by atoms with Gasteiger partial charge in [-0.25, -0.2) is 15.0 Å². The second kappa shape index (κ2) is 7.52. The SMILES string of the molecule is Cc1nc(N)nc(N2CCOC3=CCC(c4cnc5sc(N)nc5c4)C=C3C2)c1C#N. The fourth-order valence-electron chi connectivity index (χ4n) is 4.00. The highest BCUT2D eigenvalue weighted by Gasteiger charge is 2.26. The maximum atomic E-state index is 9.63. The summed E-state index contributed by atoms with van der Waals surface area (Å²) >= 11 is 1.39. The molecule has 2 aliphatic rings. The topological polar surface area (TPSA) is 140 Å². The Morgan fingerprint density at radius 2 is 2.16 bits per heavy atom. The van der Waals surface area contributed by atoms with E-state index < -0.39 is 0 Å². The molecule has 10 heteroatoms. The first-order chi connectivity index (χ1) is 15.0. The summed E-state index contributed by atoms with van der Waals surface area (Å²) in [5, 5.41) is 10.1. The third-order valence-electron chi connectivity index (χ3n) is 5.47. The maximum Gasteiger partial charge on any atom is 0.222 e. The zero-order chi connectivity index (χ0) is 21.5. The van der Waals surface area contributed by atoms with Gasteiger partial charge in [-0.1, -0.05) is 17.4 Å². The Bertz CT molecular complexity index is 1290. The van der Waals surface area contributed by atoms with Gasteiger partial charge in [0.1, 0.15) is 34.3 Å². The van der Waals surface area contributed by atoms with E-state index in [1.807, 2.05) is 17.2 Å². The molecule has 156 valence electrons. The molecule has 4 heterocycles. The minimum absolute atomic E-state index is 0.148. The van der Waals surface area contributed by atoms with Gasteiger partial charge in [0.15, 0.2) is 10.9 Å². The van der Waals surface area contributed by atoms with E-state index in [2.05, 4.69) is 38.2 Å². The van der Waals surface area contributed by atoms with Crippen LogP contribution in [0.5, 0.6) is 0 Å². The molecule has 5 rings (SSSR count). The van der Waals surface area contributed by atoms with Gasteiger partial charge in [-0.15, -0.1) is 0 Å². The maximum absolute atomic E-state index is 9.63.